The molecule has 23 heavy (non-hydrogen) atoms. The Morgan fingerprint density at radius 3 is 2.17 bits per heavy atom. The fourth-order valence-corrected chi connectivity index (χ4v) is 2.83. The maximum atomic E-state index is 12.5. The van der Waals surface area contributed by atoms with E-state index in [9.17, 15) is 4.79 Å². The Bertz CT molecular complexity index is 685. The van der Waals surface area contributed by atoms with Crippen molar-refractivity contribution in [1.82, 2.24) is 0 Å². The summed E-state index contributed by atoms with van der Waals surface area (Å²) in [6.07, 6.45) is 0. The van der Waals surface area contributed by atoms with E-state index in [-0.39, 0.29) is 30.2 Å². The van der Waals surface area contributed by atoms with Crippen LogP contribution in [0.15, 0.2) is 59.6 Å². The number of amides is 1. The van der Waals surface area contributed by atoms with Gasteiger partial charge in [0.05, 0.1) is 5.92 Å². The maximum absolute atomic E-state index is 12.5. The van der Waals surface area contributed by atoms with Crippen molar-refractivity contribution >= 4 is 35.9 Å². The number of carbonyl (C=O) groups is 1. The molecule has 0 heterocycles. The van der Waals surface area contributed by atoms with Crippen molar-refractivity contribution in [2.75, 3.05) is 0 Å². The van der Waals surface area contributed by atoms with Crippen molar-refractivity contribution in [2.45, 2.75) is 18.8 Å². The molecule has 2 atom stereocenters. The topological polar surface area (TPSA) is 81.5 Å². The van der Waals surface area contributed by atoms with Crippen LogP contribution in [0.25, 0.3) is 0 Å². The molecule has 0 aliphatic carbocycles. The molecule has 0 saturated heterocycles. The van der Waals surface area contributed by atoms with Crippen LogP contribution in [-0.2, 0) is 4.79 Å². The van der Waals surface area contributed by atoms with Crippen LogP contribution >= 0.6 is 24.0 Å². The highest BCUT2D eigenvalue weighted by Crippen LogP contribution is 2.36. The largest absolute Gasteiger partial charge is 0.370 e. The normalized spacial score (nSPS) is 12.6. The predicted molar refractivity (Wildman–Crippen MR) is 97.1 cm³/mol. The van der Waals surface area contributed by atoms with Gasteiger partial charge < -0.3 is 11.5 Å². The maximum Gasteiger partial charge on any atom is 0.257 e. The number of nitrogens with zero attached hydrogens (tertiary/aromatic N) is 1. The average molecular weight is 352 g/mol. The summed E-state index contributed by atoms with van der Waals surface area (Å²) in [5.41, 5.74) is 12.5. The van der Waals surface area contributed by atoms with Gasteiger partial charge in [0.2, 0.25) is 0 Å². The number of hydrogen-bond donors (Lipinski definition) is 2. The van der Waals surface area contributed by atoms with E-state index >= 15 is 0 Å². The molecule has 1 amide bonds. The number of rotatable bonds is 4. The second-order valence-corrected chi connectivity index (χ2v) is 5.48. The molecular formula is C17H19Cl2N3O. The summed E-state index contributed by atoms with van der Waals surface area (Å²) in [5.74, 6) is -1.27. The van der Waals surface area contributed by atoms with Crippen molar-refractivity contribution < 1.29 is 4.79 Å². The molecule has 0 aliphatic heterocycles. The highest BCUT2D eigenvalue weighted by Gasteiger charge is 2.29. The summed E-state index contributed by atoms with van der Waals surface area (Å²) in [6.45, 7) is 1.94. The van der Waals surface area contributed by atoms with E-state index in [1.54, 1.807) is 6.07 Å². The zero-order chi connectivity index (χ0) is 16.1. The molecule has 6 heteroatoms. The Morgan fingerprint density at radius 1 is 1.04 bits per heavy atom. The second-order valence-electron chi connectivity index (χ2n) is 5.07. The summed E-state index contributed by atoms with van der Waals surface area (Å²) in [5, 5.41) is 0.619. The van der Waals surface area contributed by atoms with Gasteiger partial charge in [-0.3, -0.25) is 4.79 Å². The van der Waals surface area contributed by atoms with E-state index in [1.165, 1.54) is 0 Å². The summed E-state index contributed by atoms with van der Waals surface area (Å²) in [4.78, 5) is 16.2. The molecule has 4 N–H and O–H groups in total. The standard InChI is InChI=1S/C17H18ClN3O.ClH/c1-11(13-9-5-6-10-14(13)18)15(16(22)21-17(19)20)12-7-3-2-4-8-12;/h2-11,15H,1H3,(H4,19,20,21,22);1H. The van der Waals surface area contributed by atoms with E-state index in [0.717, 1.165) is 11.1 Å². The molecule has 0 aromatic heterocycles. The van der Waals surface area contributed by atoms with Crippen molar-refractivity contribution in [3.63, 3.8) is 0 Å². The van der Waals surface area contributed by atoms with Gasteiger partial charge in [0.25, 0.3) is 5.91 Å². The first-order valence-electron chi connectivity index (χ1n) is 6.93. The van der Waals surface area contributed by atoms with Crippen LogP contribution in [0.4, 0.5) is 0 Å². The summed E-state index contributed by atoms with van der Waals surface area (Å²) >= 11 is 6.26. The van der Waals surface area contributed by atoms with Gasteiger partial charge in [0.15, 0.2) is 5.96 Å². The number of hydrogen-bond acceptors (Lipinski definition) is 1. The quantitative estimate of drug-likeness (QED) is 0.653. The molecule has 2 unspecified atom stereocenters. The molecule has 2 rings (SSSR count). The van der Waals surface area contributed by atoms with Gasteiger partial charge in [-0.1, -0.05) is 67.1 Å². The average Bonchev–Trinajstić information content (AvgIpc) is 2.48. The minimum atomic E-state index is -0.497. The van der Waals surface area contributed by atoms with Crippen molar-refractivity contribution in [3.05, 3.63) is 70.7 Å². The summed E-state index contributed by atoms with van der Waals surface area (Å²) in [6, 6.07) is 16.9. The zero-order valence-electron chi connectivity index (χ0n) is 12.6. The Balaban J connectivity index is 0.00000264. The summed E-state index contributed by atoms with van der Waals surface area (Å²) < 4.78 is 0. The van der Waals surface area contributed by atoms with Gasteiger partial charge >= 0.3 is 0 Å². The van der Waals surface area contributed by atoms with E-state index < -0.39 is 5.92 Å². The minimum absolute atomic E-state index is 0. The van der Waals surface area contributed by atoms with E-state index in [1.807, 2.05) is 55.5 Å². The summed E-state index contributed by atoms with van der Waals surface area (Å²) in [7, 11) is 0. The van der Waals surface area contributed by atoms with Gasteiger partial charge in [-0.05, 0) is 23.1 Å². The molecule has 2 aromatic carbocycles. The Labute approximate surface area is 147 Å². The van der Waals surface area contributed by atoms with Crippen LogP contribution < -0.4 is 11.5 Å². The predicted octanol–water partition coefficient (Wildman–Crippen LogP) is 3.45. The minimum Gasteiger partial charge on any atom is -0.370 e. The number of nitrogens with two attached hydrogens (primary N) is 2. The monoisotopic (exact) mass is 351 g/mol. The Hall–Kier alpha value is -2.04. The molecule has 0 aliphatic rings. The second kappa shape index (κ2) is 8.56. The van der Waals surface area contributed by atoms with Gasteiger partial charge in [-0.2, -0.15) is 4.99 Å². The van der Waals surface area contributed by atoms with Crippen LogP contribution in [0.5, 0.6) is 0 Å². The molecule has 0 bridgehead atoms. The third-order valence-electron chi connectivity index (χ3n) is 3.56. The number of carbonyl (C=O) groups excluding carboxylic acids is 1. The molecule has 122 valence electrons. The van der Waals surface area contributed by atoms with Gasteiger partial charge in [0.1, 0.15) is 0 Å². The third-order valence-corrected chi connectivity index (χ3v) is 3.90. The van der Waals surface area contributed by atoms with E-state index in [4.69, 9.17) is 23.1 Å². The molecule has 0 saturated carbocycles. The molecule has 0 spiro atoms. The van der Waals surface area contributed by atoms with Crippen LogP contribution in [-0.4, -0.2) is 11.9 Å². The third kappa shape index (κ3) is 4.71. The van der Waals surface area contributed by atoms with Crippen LogP contribution in [0.3, 0.4) is 0 Å². The first-order valence-corrected chi connectivity index (χ1v) is 7.31. The first kappa shape index (κ1) is 19.0. The Kier molecular flexibility index (Phi) is 7.07. The molecule has 2 aromatic rings. The molecule has 0 radical (unpaired) electrons. The van der Waals surface area contributed by atoms with E-state index in [0.29, 0.717) is 5.02 Å². The number of benzene rings is 2. The van der Waals surface area contributed by atoms with Gasteiger partial charge in [-0.25, -0.2) is 0 Å². The smallest absolute Gasteiger partial charge is 0.257 e. The number of aliphatic imine (C=N–C) groups is 1. The lowest BCUT2D eigenvalue weighted by Crippen LogP contribution is -2.27. The van der Waals surface area contributed by atoms with Crippen LogP contribution in [0.1, 0.15) is 29.9 Å². The molecule has 4 nitrogen and oxygen atoms in total. The van der Waals surface area contributed by atoms with Gasteiger partial charge in [0, 0.05) is 5.02 Å². The SMILES string of the molecule is CC(c1ccccc1Cl)C(C(=O)N=C(N)N)c1ccccc1.Cl. The van der Waals surface area contributed by atoms with Crippen LogP contribution in [0, 0.1) is 0 Å². The fourth-order valence-electron chi connectivity index (χ4n) is 2.53. The highest BCUT2D eigenvalue weighted by atomic mass is 35.5. The van der Waals surface area contributed by atoms with Crippen molar-refractivity contribution in [1.29, 1.82) is 0 Å². The number of halogens is 2. The fraction of sp³-hybridized carbons (Fsp3) is 0.176. The lowest BCUT2D eigenvalue weighted by Gasteiger charge is -2.23. The van der Waals surface area contributed by atoms with Crippen molar-refractivity contribution in [2.24, 2.45) is 16.5 Å². The van der Waals surface area contributed by atoms with Crippen molar-refractivity contribution in [3.8, 4) is 0 Å². The van der Waals surface area contributed by atoms with E-state index in [2.05, 4.69) is 4.99 Å². The Morgan fingerprint density at radius 2 is 1.61 bits per heavy atom. The lowest BCUT2D eigenvalue weighted by molar-refractivity contribution is -0.119. The van der Waals surface area contributed by atoms with Gasteiger partial charge in [-0.15, -0.1) is 12.4 Å². The molecular weight excluding hydrogens is 333 g/mol. The number of guanidine groups is 1. The highest BCUT2D eigenvalue weighted by molar-refractivity contribution is 6.31. The first-order chi connectivity index (χ1) is 10.5. The molecule has 0 fully saturated rings. The van der Waals surface area contributed by atoms with Crippen LogP contribution in [0.2, 0.25) is 5.02 Å². The zero-order valence-corrected chi connectivity index (χ0v) is 14.2. The lowest BCUT2D eigenvalue weighted by atomic mass is 9.82.